The van der Waals surface area contributed by atoms with Crippen LogP contribution < -0.4 is 0 Å². The number of nitrogens with zero attached hydrogens (tertiary/aromatic N) is 2. The predicted molar refractivity (Wildman–Crippen MR) is 149 cm³/mol. The second-order valence-corrected chi connectivity index (χ2v) is 9.29. The highest BCUT2D eigenvalue weighted by Crippen LogP contribution is 2.03. The van der Waals surface area contributed by atoms with Gasteiger partial charge in [0.05, 0.1) is 65.9 Å². The molecular weight excluding hydrogens is 516 g/mol. The first kappa shape index (κ1) is 31.7. The molecule has 40 heavy (non-hydrogen) atoms. The van der Waals surface area contributed by atoms with Crippen LogP contribution in [0.25, 0.3) is 0 Å². The van der Waals surface area contributed by atoms with Crippen LogP contribution in [-0.4, -0.2) is 114 Å². The van der Waals surface area contributed by atoms with Crippen LogP contribution in [-0.2, 0) is 51.2 Å². The zero-order valence-corrected chi connectivity index (χ0v) is 23.2. The third-order valence-electron chi connectivity index (χ3n) is 6.14. The lowest BCUT2D eigenvalue weighted by atomic mass is 10.2. The van der Waals surface area contributed by atoms with Gasteiger partial charge >= 0.3 is 11.9 Å². The summed E-state index contributed by atoms with van der Waals surface area (Å²) in [5.41, 5.74) is 1.90. The van der Waals surface area contributed by atoms with Crippen LogP contribution in [0.5, 0.6) is 0 Å². The molecule has 220 valence electrons. The molecule has 0 atom stereocenters. The van der Waals surface area contributed by atoms with Crippen molar-refractivity contribution in [3.05, 3.63) is 71.8 Å². The third kappa shape index (κ3) is 14.5. The number of hydrogen-bond acceptors (Lipinski definition) is 10. The van der Waals surface area contributed by atoms with Crippen molar-refractivity contribution in [3.63, 3.8) is 0 Å². The van der Waals surface area contributed by atoms with Gasteiger partial charge in [-0.05, 0) is 11.1 Å². The maximum atomic E-state index is 12.4. The van der Waals surface area contributed by atoms with Crippen LogP contribution in [0.2, 0.25) is 0 Å². The van der Waals surface area contributed by atoms with E-state index in [0.29, 0.717) is 79.0 Å². The molecule has 0 N–H and O–H groups in total. The molecule has 0 spiro atoms. The standard InChI is InChI=1S/C30H42N2O8/c33-29(39-25-27-7-3-1-4-8-27)23-31-11-15-35-19-21-37-17-13-32(14-18-38-22-20-36-16-12-31)24-30(34)40-26-28-9-5-2-6-10-28/h1-10H,11-26H2. The summed E-state index contributed by atoms with van der Waals surface area (Å²) in [5, 5.41) is 0. The Morgan fingerprint density at radius 2 is 0.850 bits per heavy atom. The smallest absolute Gasteiger partial charge is 0.320 e. The lowest BCUT2D eigenvalue weighted by Gasteiger charge is -2.23. The highest BCUT2D eigenvalue weighted by Gasteiger charge is 2.14. The van der Waals surface area contributed by atoms with Crippen molar-refractivity contribution in [2.45, 2.75) is 13.2 Å². The Kier molecular flexibility index (Phi) is 15.9. The van der Waals surface area contributed by atoms with Gasteiger partial charge in [0.1, 0.15) is 13.2 Å². The van der Waals surface area contributed by atoms with Crippen LogP contribution in [0.15, 0.2) is 60.7 Å². The minimum atomic E-state index is -0.286. The molecular formula is C30H42N2O8. The molecule has 1 heterocycles. The first-order valence-electron chi connectivity index (χ1n) is 13.8. The summed E-state index contributed by atoms with van der Waals surface area (Å²) in [4.78, 5) is 28.7. The van der Waals surface area contributed by atoms with Crippen molar-refractivity contribution in [2.75, 3.05) is 92.1 Å². The van der Waals surface area contributed by atoms with Crippen molar-refractivity contribution >= 4 is 11.9 Å². The summed E-state index contributed by atoms with van der Waals surface area (Å²) in [6.07, 6.45) is 0. The number of ether oxygens (including phenoxy) is 6. The molecule has 2 aromatic rings. The maximum absolute atomic E-state index is 12.4. The van der Waals surface area contributed by atoms with Crippen molar-refractivity contribution in [3.8, 4) is 0 Å². The molecule has 0 bridgehead atoms. The van der Waals surface area contributed by atoms with Crippen molar-refractivity contribution in [1.29, 1.82) is 0 Å². The molecule has 10 nitrogen and oxygen atoms in total. The molecule has 0 aliphatic carbocycles. The zero-order chi connectivity index (χ0) is 28.1. The number of carbonyl (C=O) groups is 2. The molecule has 0 unspecified atom stereocenters. The van der Waals surface area contributed by atoms with E-state index in [1.807, 2.05) is 70.5 Å². The van der Waals surface area contributed by atoms with Crippen molar-refractivity contribution in [1.82, 2.24) is 9.80 Å². The van der Waals surface area contributed by atoms with Gasteiger partial charge in [-0.3, -0.25) is 19.4 Å². The van der Waals surface area contributed by atoms with Gasteiger partial charge < -0.3 is 28.4 Å². The highest BCUT2D eigenvalue weighted by molar-refractivity contribution is 5.72. The number of benzene rings is 2. The summed E-state index contributed by atoms with van der Waals surface area (Å²) in [7, 11) is 0. The summed E-state index contributed by atoms with van der Waals surface area (Å²) in [6.45, 7) is 6.67. The number of hydrogen-bond donors (Lipinski definition) is 0. The Labute approximate surface area is 237 Å². The van der Waals surface area contributed by atoms with E-state index in [4.69, 9.17) is 28.4 Å². The number of esters is 2. The largest absolute Gasteiger partial charge is 0.460 e. The molecule has 1 fully saturated rings. The van der Waals surface area contributed by atoms with E-state index >= 15 is 0 Å². The van der Waals surface area contributed by atoms with E-state index in [1.165, 1.54) is 0 Å². The molecule has 0 radical (unpaired) electrons. The molecule has 1 saturated heterocycles. The van der Waals surface area contributed by atoms with E-state index in [-0.39, 0.29) is 38.2 Å². The van der Waals surface area contributed by atoms with Gasteiger partial charge in [-0.2, -0.15) is 0 Å². The fourth-order valence-electron chi connectivity index (χ4n) is 3.89. The van der Waals surface area contributed by atoms with E-state index in [1.54, 1.807) is 0 Å². The predicted octanol–water partition coefficient (Wildman–Crippen LogP) is 2.16. The second-order valence-electron chi connectivity index (χ2n) is 9.29. The maximum Gasteiger partial charge on any atom is 0.320 e. The van der Waals surface area contributed by atoms with Gasteiger partial charge in [0.15, 0.2) is 0 Å². The molecule has 2 aromatic carbocycles. The second kappa shape index (κ2) is 20.1. The Hall–Kier alpha value is -2.86. The minimum absolute atomic E-state index is 0.163. The summed E-state index contributed by atoms with van der Waals surface area (Å²) >= 11 is 0. The normalized spacial score (nSPS) is 17.8. The van der Waals surface area contributed by atoms with Gasteiger partial charge in [0, 0.05) is 26.2 Å². The summed E-state index contributed by atoms with van der Waals surface area (Å²) in [6, 6.07) is 19.2. The Morgan fingerprint density at radius 3 is 1.18 bits per heavy atom. The summed E-state index contributed by atoms with van der Waals surface area (Å²) in [5.74, 6) is -0.572. The Morgan fingerprint density at radius 1 is 0.525 bits per heavy atom. The molecule has 1 aliphatic heterocycles. The SMILES string of the molecule is O=C(CN1CCOCCOCCN(CC(=O)OCc2ccccc2)CCOCCOCC1)OCc1ccccc1. The average Bonchev–Trinajstić information content (AvgIpc) is 2.98. The monoisotopic (exact) mass is 558 g/mol. The molecule has 10 heteroatoms. The van der Waals surface area contributed by atoms with Crippen molar-refractivity contribution < 1.29 is 38.0 Å². The van der Waals surface area contributed by atoms with Crippen molar-refractivity contribution in [2.24, 2.45) is 0 Å². The van der Waals surface area contributed by atoms with Gasteiger partial charge in [0.25, 0.3) is 0 Å². The van der Waals surface area contributed by atoms with Crippen LogP contribution >= 0.6 is 0 Å². The molecule has 0 aromatic heterocycles. The zero-order valence-electron chi connectivity index (χ0n) is 23.2. The molecule has 0 saturated carbocycles. The first-order valence-corrected chi connectivity index (χ1v) is 13.8. The third-order valence-corrected chi connectivity index (χ3v) is 6.14. The molecule has 0 amide bonds. The lowest BCUT2D eigenvalue weighted by Crippen LogP contribution is -2.37. The van der Waals surface area contributed by atoms with Gasteiger partial charge in [0.2, 0.25) is 0 Å². The quantitative estimate of drug-likeness (QED) is 0.449. The average molecular weight is 559 g/mol. The van der Waals surface area contributed by atoms with E-state index in [9.17, 15) is 9.59 Å². The van der Waals surface area contributed by atoms with Crippen LogP contribution in [0.1, 0.15) is 11.1 Å². The van der Waals surface area contributed by atoms with Gasteiger partial charge in [-0.25, -0.2) is 0 Å². The Bertz CT molecular complexity index is 850. The number of rotatable bonds is 8. The van der Waals surface area contributed by atoms with E-state index in [2.05, 4.69) is 0 Å². The van der Waals surface area contributed by atoms with Crippen LogP contribution in [0, 0.1) is 0 Å². The van der Waals surface area contributed by atoms with Crippen LogP contribution in [0.4, 0.5) is 0 Å². The number of carbonyl (C=O) groups excluding carboxylic acids is 2. The minimum Gasteiger partial charge on any atom is -0.460 e. The fourth-order valence-corrected chi connectivity index (χ4v) is 3.89. The van der Waals surface area contributed by atoms with Gasteiger partial charge in [-0.15, -0.1) is 0 Å². The Balaban J connectivity index is 1.36. The van der Waals surface area contributed by atoms with E-state index in [0.717, 1.165) is 11.1 Å². The molecule has 1 aliphatic rings. The van der Waals surface area contributed by atoms with Crippen LogP contribution in [0.3, 0.4) is 0 Å². The lowest BCUT2D eigenvalue weighted by molar-refractivity contribution is -0.147. The van der Waals surface area contributed by atoms with E-state index < -0.39 is 0 Å². The highest BCUT2D eigenvalue weighted by atomic mass is 16.5. The molecule has 3 rings (SSSR count). The summed E-state index contributed by atoms with van der Waals surface area (Å²) < 4.78 is 33.7. The fraction of sp³-hybridized carbons (Fsp3) is 0.533. The first-order chi connectivity index (χ1) is 19.7. The van der Waals surface area contributed by atoms with Gasteiger partial charge in [-0.1, -0.05) is 60.7 Å². The topological polar surface area (TPSA) is 96.0 Å².